The van der Waals surface area contributed by atoms with Crippen LogP contribution >= 0.6 is 11.8 Å². The zero-order chi connectivity index (χ0) is 29.4. The lowest BCUT2D eigenvalue weighted by Crippen LogP contribution is -2.36. The molecule has 41 heavy (non-hydrogen) atoms. The van der Waals surface area contributed by atoms with Crippen LogP contribution in [0.4, 0.5) is 5.69 Å². The molecule has 0 aliphatic carbocycles. The van der Waals surface area contributed by atoms with E-state index in [1.807, 2.05) is 60.4 Å². The molecule has 1 heterocycles. The van der Waals surface area contributed by atoms with Gasteiger partial charge < -0.3 is 14.4 Å². The van der Waals surface area contributed by atoms with Crippen molar-refractivity contribution in [3.05, 3.63) is 83.4 Å². The maximum atomic E-state index is 12.8. The fourth-order valence-electron chi connectivity index (χ4n) is 5.68. The molecule has 0 radical (unpaired) electrons. The number of benzene rings is 3. The summed E-state index contributed by atoms with van der Waals surface area (Å²) in [4.78, 5) is 18.1. The molecule has 0 N–H and O–H groups in total. The van der Waals surface area contributed by atoms with Gasteiger partial charge >= 0.3 is 0 Å². The molecule has 3 aromatic rings. The van der Waals surface area contributed by atoms with Crippen LogP contribution in [0.5, 0.6) is 11.5 Å². The highest BCUT2D eigenvalue weighted by Crippen LogP contribution is 2.46. The van der Waals surface area contributed by atoms with Crippen molar-refractivity contribution in [1.29, 1.82) is 5.26 Å². The Hall–Kier alpha value is -3.47. The van der Waals surface area contributed by atoms with Gasteiger partial charge in [-0.3, -0.25) is 9.69 Å². The number of thioether (sulfide) groups is 1. The van der Waals surface area contributed by atoms with Gasteiger partial charge in [0, 0.05) is 23.9 Å². The molecule has 2 atom stereocenters. The maximum Gasteiger partial charge on any atom is 0.226 e. The molecule has 0 aromatic heterocycles. The zero-order valence-corrected chi connectivity index (χ0v) is 25.7. The Bertz CT molecular complexity index is 1370. The van der Waals surface area contributed by atoms with Crippen LogP contribution in [-0.2, 0) is 16.0 Å². The first kappa shape index (κ1) is 30.5. The fourth-order valence-corrected chi connectivity index (χ4v) is 6.91. The van der Waals surface area contributed by atoms with Crippen LogP contribution < -0.4 is 14.4 Å². The summed E-state index contributed by atoms with van der Waals surface area (Å²) in [6.45, 7) is 5.68. The van der Waals surface area contributed by atoms with Gasteiger partial charge in [-0.2, -0.15) is 5.26 Å². The maximum absolute atomic E-state index is 12.8. The lowest BCUT2D eigenvalue weighted by Gasteiger charge is -2.35. The third-order valence-corrected chi connectivity index (χ3v) is 9.47. The summed E-state index contributed by atoms with van der Waals surface area (Å²) in [5.74, 6) is 1.64. The summed E-state index contributed by atoms with van der Waals surface area (Å²) in [6.07, 6.45) is 3.86. The summed E-state index contributed by atoms with van der Waals surface area (Å²) < 4.78 is 10.5. The van der Waals surface area contributed by atoms with Gasteiger partial charge in [-0.05, 0) is 93.2 Å². The number of rotatable bonds is 12. The van der Waals surface area contributed by atoms with Gasteiger partial charge in [0.2, 0.25) is 5.91 Å². The monoisotopic (exact) mass is 571 g/mol. The third-order valence-electron chi connectivity index (χ3n) is 8.09. The number of methoxy groups -OCH3 is 2. The first-order chi connectivity index (χ1) is 19.9. The lowest BCUT2D eigenvalue weighted by atomic mass is 9.91. The van der Waals surface area contributed by atoms with Gasteiger partial charge in [0.25, 0.3) is 0 Å². The molecular weight excluding hydrogens is 530 g/mol. The number of anilines is 1. The Kier molecular flexibility index (Phi) is 10.4. The Morgan fingerprint density at radius 3 is 2.59 bits per heavy atom. The van der Waals surface area contributed by atoms with Gasteiger partial charge in [-0.1, -0.05) is 55.1 Å². The second kappa shape index (κ2) is 13.9. The highest BCUT2D eigenvalue weighted by molar-refractivity contribution is 8.00. The van der Waals surface area contributed by atoms with Crippen LogP contribution in [0.25, 0.3) is 0 Å². The van der Waals surface area contributed by atoms with Crippen molar-refractivity contribution in [2.45, 2.75) is 61.6 Å². The molecule has 0 saturated carbocycles. The normalized spacial score (nSPS) is 15.0. The molecule has 6 nitrogen and oxygen atoms in total. The molecule has 1 aliphatic heterocycles. The number of hydrogen-bond donors (Lipinski definition) is 0. The fraction of sp³-hybridized carbons (Fsp3) is 0.412. The van der Waals surface area contributed by atoms with Gasteiger partial charge in [-0.25, -0.2) is 0 Å². The van der Waals surface area contributed by atoms with Gasteiger partial charge in [-0.15, -0.1) is 0 Å². The van der Waals surface area contributed by atoms with Crippen LogP contribution in [0.2, 0.25) is 0 Å². The summed E-state index contributed by atoms with van der Waals surface area (Å²) in [5.41, 5.74) is 4.33. The first-order valence-electron chi connectivity index (χ1n) is 14.4. The third kappa shape index (κ3) is 6.72. The minimum atomic E-state index is -0.750. The van der Waals surface area contributed by atoms with E-state index >= 15 is 0 Å². The van der Waals surface area contributed by atoms with Crippen LogP contribution in [0, 0.1) is 11.3 Å². The number of carbonyl (C=O) groups excluding carboxylic acids is 1. The number of amides is 1. The van der Waals surface area contributed by atoms with Crippen molar-refractivity contribution in [2.75, 3.05) is 39.3 Å². The summed E-state index contributed by atoms with van der Waals surface area (Å²) in [6, 6.07) is 25.0. The quantitative estimate of drug-likeness (QED) is 0.211. The Morgan fingerprint density at radius 2 is 1.90 bits per heavy atom. The largest absolute Gasteiger partial charge is 0.497 e. The molecule has 0 fully saturated rings. The van der Waals surface area contributed by atoms with Crippen molar-refractivity contribution >= 4 is 23.4 Å². The number of carbonyl (C=O) groups is 1. The van der Waals surface area contributed by atoms with Crippen LogP contribution in [-0.4, -0.2) is 45.2 Å². The molecule has 0 spiro atoms. The molecule has 216 valence electrons. The zero-order valence-electron chi connectivity index (χ0n) is 24.9. The number of ether oxygens (including phenoxy) is 2. The summed E-state index contributed by atoms with van der Waals surface area (Å²) in [5, 5.41) is 10.6. The number of fused-ring (bicyclic) bond motifs is 1. The van der Waals surface area contributed by atoms with Crippen molar-refractivity contribution < 1.29 is 14.3 Å². The molecule has 2 unspecified atom stereocenters. The van der Waals surface area contributed by atoms with E-state index in [4.69, 9.17) is 9.47 Å². The first-order valence-corrected chi connectivity index (χ1v) is 15.2. The molecule has 4 rings (SSSR count). The number of nitriles is 1. The molecule has 3 aromatic carbocycles. The number of nitrogens with zero attached hydrogens (tertiary/aromatic N) is 3. The average Bonchev–Trinajstić information content (AvgIpc) is 3.03. The van der Waals surface area contributed by atoms with Crippen molar-refractivity contribution in [1.82, 2.24) is 4.90 Å². The molecule has 0 saturated heterocycles. The smallest absolute Gasteiger partial charge is 0.226 e. The van der Waals surface area contributed by atoms with Crippen molar-refractivity contribution in [3.63, 3.8) is 0 Å². The molecular formula is C34H41N3O3S. The van der Waals surface area contributed by atoms with Crippen LogP contribution in [0.1, 0.15) is 62.3 Å². The molecule has 1 amide bonds. The predicted octanol–water partition coefficient (Wildman–Crippen LogP) is 7.38. The van der Waals surface area contributed by atoms with E-state index in [1.165, 1.54) is 11.1 Å². The van der Waals surface area contributed by atoms with Crippen molar-refractivity contribution in [3.8, 4) is 17.6 Å². The standard InChI is InChI=1S/C34H41N3O3S/c1-6-32(38)37-22-11-17-30-29(18-19-31(40-5)33(30)37)25(2)36(3)21-12-20-34(24-35,41-28-15-8-7-9-16-28)26-13-10-14-27(23-26)39-4/h7-10,13-16,18-19,23,25H,6,11-12,17,20-22H2,1-5H3. The van der Waals surface area contributed by atoms with Crippen LogP contribution in [0.3, 0.4) is 0 Å². The molecule has 0 bridgehead atoms. The highest BCUT2D eigenvalue weighted by atomic mass is 32.2. The highest BCUT2D eigenvalue weighted by Gasteiger charge is 2.35. The van der Waals surface area contributed by atoms with E-state index in [1.54, 1.807) is 26.0 Å². The molecule has 1 aliphatic rings. The lowest BCUT2D eigenvalue weighted by molar-refractivity contribution is -0.118. The average molecular weight is 572 g/mol. The summed E-state index contributed by atoms with van der Waals surface area (Å²) in [7, 11) is 5.47. The van der Waals surface area contributed by atoms with E-state index in [0.29, 0.717) is 12.8 Å². The second-order valence-electron chi connectivity index (χ2n) is 10.5. The topological polar surface area (TPSA) is 65.8 Å². The van der Waals surface area contributed by atoms with Crippen molar-refractivity contribution in [2.24, 2.45) is 0 Å². The minimum absolute atomic E-state index is 0.128. The Morgan fingerprint density at radius 1 is 1.12 bits per heavy atom. The van der Waals surface area contributed by atoms with E-state index in [0.717, 1.165) is 60.0 Å². The van der Waals surface area contributed by atoms with Gasteiger partial charge in [0.05, 0.1) is 26.0 Å². The van der Waals surface area contributed by atoms with E-state index in [9.17, 15) is 10.1 Å². The van der Waals surface area contributed by atoms with Gasteiger partial charge in [0.15, 0.2) is 0 Å². The molecule has 7 heteroatoms. The van der Waals surface area contributed by atoms with Crippen LogP contribution in [0.15, 0.2) is 71.6 Å². The van der Waals surface area contributed by atoms with E-state index in [-0.39, 0.29) is 11.9 Å². The second-order valence-corrected chi connectivity index (χ2v) is 11.9. The predicted molar refractivity (Wildman–Crippen MR) is 167 cm³/mol. The van der Waals surface area contributed by atoms with Gasteiger partial charge in [0.1, 0.15) is 16.2 Å². The number of hydrogen-bond acceptors (Lipinski definition) is 6. The Balaban J connectivity index is 1.56. The van der Waals surface area contributed by atoms with E-state index < -0.39 is 4.75 Å². The van der Waals surface area contributed by atoms with E-state index in [2.05, 4.69) is 43.1 Å². The minimum Gasteiger partial charge on any atom is -0.497 e. The SMILES string of the molecule is CCC(=O)N1CCCc2c(C(C)N(C)CCCC(C#N)(Sc3ccccc3)c3cccc(OC)c3)ccc(OC)c21. The summed E-state index contributed by atoms with van der Waals surface area (Å²) >= 11 is 1.61. The Labute approximate surface area is 249 Å².